The SMILES string of the molecule is COc1cc(/C(O)=C2\C(=O)C(=O)N(c3cccc(F)c3)C2c2ccc(C)o2)c(OC)cc1Cl. The molecule has 1 aromatic heterocycles. The number of carbonyl (C=O) groups is 2. The number of halogens is 2. The summed E-state index contributed by atoms with van der Waals surface area (Å²) < 4.78 is 30.2. The molecule has 1 N–H and O–H groups in total. The van der Waals surface area contributed by atoms with Gasteiger partial charge in [-0.15, -0.1) is 0 Å². The zero-order chi connectivity index (χ0) is 23.9. The fourth-order valence-corrected chi connectivity index (χ4v) is 4.02. The maximum atomic E-state index is 14.0. The number of ether oxygens (including phenoxy) is 2. The highest BCUT2D eigenvalue weighted by Gasteiger charge is 2.48. The summed E-state index contributed by atoms with van der Waals surface area (Å²) in [5.41, 5.74) is -0.0265. The molecule has 0 aliphatic carbocycles. The van der Waals surface area contributed by atoms with Crippen molar-refractivity contribution in [2.45, 2.75) is 13.0 Å². The van der Waals surface area contributed by atoms with Gasteiger partial charge in [0.1, 0.15) is 40.6 Å². The highest BCUT2D eigenvalue weighted by atomic mass is 35.5. The Balaban J connectivity index is 1.99. The molecule has 0 spiro atoms. The first-order valence-corrected chi connectivity index (χ1v) is 10.2. The first-order chi connectivity index (χ1) is 15.8. The number of aliphatic hydroxyl groups is 1. The Morgan fingerprint density at radius 2 is 1.82 bits per heavy atom. The fraction of sp³-hybridized carbons (Fsp3) is 0.167. The minimum atomic E-state index is -1.15. The number of amides is 1. The van der Waals surface area contributed by atoms with Crippen LogP contribution in [-0.2, 0) is 9.59 Å². The summed E-state index contributed by atoms with van der Waals surface area (Å²) in [6, 6.07) is 10.2. The van der Waals surface area contributed by atoms with Crippen LogP contribution in [-0.4, -0.2) is 31.0 Å². The standard InChI is InChI=1S/C24H19ClFNO6/c1-12-7-8-17(33-12)21-20(22(28)15-10-19(32-3)16(25)11-18(15)31-2)23(29)24(30)27(21)14-6-4-5-13(26)9-14/h4-11,21,28H,1-3H3/b22-20+. The molecule has 2 aromatic carbocycles. The van der Waals surface area contributed by atoms with E-state index in [9.17, 15) is 19.1 Å². The van der Waals surface area contributed by atoms with Crippen LogP contribution in [0.25, 0.3) is 5.76 Å². The molecular weight excluding hydrogens is 453 g/mol. The summed E-state index contributed by atoms with van der Waals surface area (Å²) in [6.07, 6.45) is 0. The van der Waals surface area contributed by atoms with E-state index in [-0.39, 0.29) is 39.1 Å². The molecule has 7 nitrogen and oxygen atoms in total. The van der Waals surface area contributed by atoms with Crippen LogP contribution in [0.1, 0.15) is 23.1 Å². The van der Waals surface area contributed by atoms with Crippen molar-refractivity contribution in [1.82, 2.24) is 0 Å². The second-order valence-electron chi connectivity index (χ2n) is 7.28. The maximum Gasteiger partial charge on any atom is 0.300 e. The van der Waals surface area contributed by atoms with Crippen molar-refractivity contribution in [2.75, 3.05) is 19.1 Å². The summed E-state index contributed by atoms with van der Waals surface area (Å²) in [4.78, 5) is 27.3. The molecule has 0 saturated carbocycles. The van der Waals surface area contributed by atoms with Gasteiger partial charge in [-0.2, -0.15) is 0 Å². The molecule has 1 amide bonds. The van der Waals surface area contributed by atoms with Crippen molar-refractivity contribution in [3.63, 3.8) is 0 Å². The first-order valence-electron chi connectivity index (χ1n) is 9.81. The third kappa shape index (κ3) is 3.82. The monoisotopic (exact) mass is 471 g/mol. The Bertz CT molecular complexity index is 1300. The van der Waals surface area contributed by atoms with Gasteiger partial charge in [0.25, 0.3) is 11.7 Å². The van der Waals surface area contributed by atoms with Crippen molar-refractivity contribution in [3.05, 3.63) is 82.0 Å². The Kier molecular flexibility index (Phi) is 5.86. The zero-order valence-electron chi connectivity index (χ0n) is 17.9. The predicted molar refractivity (Wildman–Crippen MR) is 119 cm³/mol. The third-order valence-electron chi connectivity index (χ3n) is 5.29. The average Bonchev–Trinajstić information content (AvgIpc) is 3.33. The van der Waals surface area contributed by atoms with Crippen LogP contribution in [0, 0.1) is 12.7 Å². The topological polar surface area (TPSA) is 89.2 Å². The van der Waals surface area contributed by atoms with Crippen molar-refractivity contribution < 1.29 is 33.0 Å². The minimum absolute atomic E-state index is 0.0873. The summed E-state index contributed by atoms with van der Waals surface area (Å²) in [7, 11) is 2.76. The van der Waals surface area contributed by atoms with Gasteiger partial charge in [-0.1, -0.05) is 17.7 Å². The zero-order valence-corrected chi connectivity index (χ0v) is 18.6. The number of hydrogen-bond acceptors (Lipinski definition) is 6. The molecule has 0 radical (unpaired) electrons. The summed E-state index contributed by atoms with van der Waals surface area (Å²) >= 11 is 6.16. The number of aliphatic hydroxyl groups excluding tert-OH is 1. The highest BCUT2D eigenvalue weighted by Crippen LogP contribution is 2.45. The smallest absolute Gasteiger partial charge is 0.300 e. The number of methoxy groups -OCH3 is 2. The Labute approximate surface area is 193 Å². The van der Waals surface area contributed by atoms with E-state index in [4.69, 9.17) is 25.5 Å². The van der Waals surface area contributed by atoms with Crippen LogP contribution in [0.5, 0.6) is 11.5 Å². The minimum Gasteiger partial charge on any atom is -0.507 e. The lowest BCUT2D eigenvalue weighted by Gasteiger charge is -2.23. The number of rotatable bonds is 5. The normalized spacial score (nSPS) is 17.5. The lowest BCUT2D eigenvalue weighted by molar-refractivity contribution is -0.132. The number of aryl methyl sites for hydroxylation is 1. The second kappa shape index (κ2) is 8.63. The quantitative estimate of drug-likeness (QED) is 0.319. The molecular formula is C24H19ClFNO6. The number of ketones is 1. The molecule has 33 heavy (non-hydrogen) atoms. The number of anilines is 1. The van der Waals surface area contributed by atoms with Crippen LogP contribution in [0.2, 0.25) is 5.02 Å². The van der Waals surface area contributed by atoms with Crippen LogP contribution in [0.3, 0.4) is 0 Å². The van der Waals surface area contributed by atoms with Gasteiger partial charge in [-0.05, 0) is 43.3 Å². The van der Waals surface area contributed by atoms with Crippen LogP contribution in [0.15, 0.2) is 58.5 Å². The lowest BCUT2D eigenvalue weighted by Crippen LogP contribution is -2.29. The number of hydrogen-bond donors (Lipinski definition) is 1. The molecule has 0 bridgehead atoms. The molecule has 1 saturated heterocycles. The summed E-state index contributed by atoms with van der Waals surface area (Å²) in [5, 5.41) is 11.5. The largest absolute Gasteiger partial charge is 0.507 e. The number of furan rings is 1. The number of carbonyl (C=O) groups excluding carboxylic acids is 2. The van der Waals surface area contributed by atoms with Crippen molar-refractivity contribution in [2.24, 2.45) is 0 Å². The molecule has 1 atom stereocenters. The van der Waals surface area contributed by atoms with E-state index in [2.05, 4.69) is 0 Å². The molecule has 9 heteroatoms. The predicted octanol–water partition coefficient (Wildman–Crippen LogP) is 5.02. The summed E-state index contributed by atoms with van der Waals surface area (Å²) in [6.45, 7) is 1.70. The molecule has 3 aromatic rings. The van der Waals surface area contributed by atoms with E-state index in [1.54, 1.807) is 19.1 Å². The molecule has 4 rings (SSSR count). The maximum absolute atomic E-state index is 14.0. The van der Waals surface area contributed by atoms with Crippen molar-refractivity contribution in [3.8, 4) is 11.5 Å². The van der Waals surface area contributed by atoms with Crippen LogP contribution < -0.4 is 14.4 Å². The van der Waals surface area contributed by atoms with Gasteiger partial charge in [0.2, 0.25) is 0 Å². The number of benzene rings is 2. The number of Topliss-reactive ketones (excluding diaryl/α,β-unsaturated/α-hetero) is 1. The van der Waals surface area contributed by atoms with Gasteiger partial charge < -0.3 is 19.0 Å². The molecule has 1 aliphatic heterocycles. The first kappa shape index (κ1) is 22.4. The Morgan fingerprint density at radius 1 is 1.09 bits per heavy atom. The lowest BCUT2D eigenvalue weighted by atomic mass is 9.98. The molecule has 1 aliphatic rings. The van der Waals surface area contributed by atoms with Gasteiger partial charge in [-0.25, -0.2) is 4.39 Å². The van der Waals surface area contributed by atoms with Crippen LogP contribution >= 0.6 is 11.6 Å². The molecule has 170 valence electrons. The van der Waals surface area contributed by atoms with Gasteiger partial charge in [-0.3, -0.25) is 14.5 Å². The van der Waals surface area contributed by atoms with E-state index in [0.717, 1.165) is 11.0 Å². The second-order valence-corrected chi connectivity index (χ2v) is 7.69. The Hall–Kier alpha value is -3.78. The summed E-state index contributed by atoms with van der Waals surface area (Å²) in [5.74, 6) is -1.88. The molecule has 1 unspecified atom stereocenters. The molecule has 2 heterocycles. The van der Waals surface area contributed by atoms with Crippen molar-refractivity contribution >= 4 is 34.7 Å². The fourth-order valence-electron chi connectivity index (χ4n) is 3.78. The Morgan fingerprint density at radius 3 is 2.42 bits per heavy atom. The van der Waals surface area contributed by atoms with Gasteiger partial charge >= 0.3 is 0 Å². The number of nitrogens with zero attached hydrogens (tertiary/aromatic N) is 1. The van der Waals surface area contributed by atoms with E-state index in [1.165, 1.54) is 44.6 Å². The van der Waals surface area contributed by atoms with Gasteiger partial charge in [0.05, 0.1) is 30.4 Å². The average molecular weight is 472 g/mol. The van der Waals surface area contributed by atoms with E-state index in [1.807, 2.05) is 0 Å². The van der Waals surface area contributed by atoms with Gasteiger partial charge in [0, 0.05) is 11.8 Å². The third-order valence-corrected chi connectivity index (χ3v) is 5.59. The van der Waals surface area contributed by atoms with Gasteiger partial charge in [0.15, 0.2) is 0 Å². The van der Waals surface area contributed by atoms with Crippen LogP contribution in [0.4, 0.5) is 10.1 Å². The van der Waals surface area contributed by atoms with E-state index >= 15 is 0 Å². The van der Waals surface area contributed by atoms with E-state index < -0.39 is 29.3 Å². The van der Waals surface area contributed by atoms with Crippen molar-refractivity contribution in [1.29, 1.82) is 0 Å². The van der Waals surface area contributed by atoms with E-state index in [0.29, 0.717) is 5.76 Å². The highest BCUT2D eigenvalue weighted by molar-refractivity contribution is 6.51. The molecule has 1 fully saturated rings.